The predicted octanol–water partition coefficient (Wildman–Crippen LogP) is 2.44. The van der Waals surface area contributed by atoms with Crippen LogP contribution in [0.15, 0.2) is 69.9 Å². The van der Waals surface area contributed by atoms with Gasteiger partial charge in [-0.25, -0.2) is 26.6 Å². The van der Waals surface area contributed by atoms with E-state index in [0.29, 0.717) is 0 Å². The SMILES string of the molecule is O=C(O)c1ccccc1S(=O)(=O)Nc1ccc(S(=O)(=O)Nc2nccs2)cc1. The first-order chi connectivity index (χ1) is 13.2. The number of nitrogens with one attached hydrogen (secondary N) is 2. The van der Waals surface area contributed by atoms with Gasteiger partial charge in [-0.15, -0.1) is 11.3 Å². The van der Waals surface area contributed by atoms with E-state index in [1.165, 1.54) is 54.7 Å². The van der Waals surface area contributed by atoms with E-state index in [0.717, 1.165) is 11.3 Å². The van der Waals surface area contributed by atoms with E-state index in [2.05, 4.69) is 14.4 Å². The van der Waals surface area contributed by atoms with Crippen molar-refractivity contribution in [3.05, 3.63) is 65.7 Å². The highest BCUT2D eigenvalue weighted by molar-refractivity contribution is 7.93. The number of aromatic carboxylic acids is 1. The number of hydrogen-bond acceptors (Lipinski definition) is 7. The number of benzene rings is 2. The lowest BCUT2D eigenvalue weighted by molar-refractivity contribution is 0.0692. The number of nitrogens with zero attached hydrogens (tertiary/aromatic N) is 1. The molecule has 0 fully saturated rings. The summed E-state index contributed by atoms with van der Waals surface area (Å²) in [6.45, 7) is 0. The Labute approximate surface area is 164 Å². The van der Waals surface area contributed by atoms with Crippen molar-refractivity contribution in [3.63, 3.8) is 0 Å². The first-order valence-electron chi connectivity index (χ1n) is 7.56. The maximum Gasteiger partial charge on any atom is 0.337 e. The predicted molar refractivity (Wildman–Crippen MR) is 104 cm³/mol. The van der Waals surface area contributed by atoms with E-state index >= 15 is 0 Å². The van der Waals surface area contributed by atoms with Gasteiger partial charge >= 0.3 is 5.97 Å². The molecule has 0 atom stereocenters. The molecule has 28 heavy (non-hydrogen) atoms. The standard InChI is InChI=1S/C16H13N3O6S3/c20-15(21)13-3-1-2-4-14(13)28(24,25)18-11-5-7-12(8-6-11)27(22,23)19-16-17-9-10-26-16/h1-10,18H,(H,17,19)(H,20,21). The van der Waals surface area contributed by atoms with Crippen LogP contribution in [0.2, 0.25) is 0 Å². The molecule has 0 aliphatic heterocycles. The molecular weight excluding hydrogens is 426 g/mol. The highest BCUT2D eigenvalue weighted by Gasteiger charge is 2.22. The number of hydrogen-bond donors (Lipinski definition) is 3. The third-order valence-corrected chi connectivity index (χ3v) is 7.09. The molecular formula is C16H13N3O6S3. The van der Waals surface area contributed by atoms with Crippen LogP contribution in [0.4, 0.5) is 10.8 Å². The maximum absolute atomic E-state index is 12.5. The third kappa shape index (κ3) is 4.30. The molecule has 0 spiro atoms. The zero-order valence-corrected chi connectivity index (χ0v) is 16.4. The number of carboxylic acid groups (broad SMARTS) is 1. The summed E-state index contributed by atoms with van der Waals surface area (Å²) in [5.74, 6) is -1.38. The van der Waals surface area contributed by atoms with Crippen molar-refractivity contribution in [2.45, 2.75) is 9.79 Å². The first kappa shape index (κ1) is 19.8. The van der Waals surface area contributed by atoms with Gasteiger partial charge in [0.05, 0.1) is 10.5 Å². The van der Waals surface area contributed by atoms with Gasteiger partial charge in [-0.1, -0.05) is 12.1 Å². The Hall–Kier alpha value is -2.96. The lowest BCUT2D eigenvalue weighted by Crippen LogP contribution is -2.17. The van der Waals surface area contributed by atoms with E-state index in [1.807, 2.05) is 0 Å². The Kier molecular flexibility index (Phi) is 5.36. The van der Waals surface area contributed by atoms with Gasteiger partial charge in [-0.2, -0.15) is 0 Å². The van der Waals surface area contributed by atoms with E-state index in [-0.39, 0.29) is 21.3 Å². The molecule has 3 N–H and O–H groups in total. The fourth-order valence-corrected chi connectivity index (χ4v) is 5.29. The van der Waals surface area contributed by atoms with E-state index < -0.39 is 30.9 Å². The van der Waals surface area contributed by atoms with Gasteiger partial charge in [0.15, 0.2) is 5.13 Å². The fraction of sp³-hybridized carbons (Fsp3) is 0. The van der Waals surface area contributed by atoms with Gasteiger partial charge in [0.25, 0.3) is 20.0 Å². The van der Waals surface area contributed by atoms with Gasteiger partial charge in [0.1, 0.15) is 4.90 Å². The monoisotopic (exact) mass is 439 g/mol. The van der Waals surface area contributed by atoms with Crippen molar-refractivity contribution in [2.75, 3.05) is 9.44 Å². The minimum atomic E-state index is -4.18. The van der Waals surface area contributed by atoms with Crippen molar-refractivity contribution in [3.8, 4) is 0 Å². The second kappa shape index (κ2) is 7.58. The zero-order chi connectivity index (χ0) is 20.4. The molecule has 146 valence electrons. The molecule has 9 nitrogen and oxygen atoms in total. The van der Waals surface area contributed by atoms with Crippen molar-refractivity contribution < 1.29 is 26.7 Å². The fourth-order valence-electron chi connectivity index (χ4n) is 2.24. The summed E-state index contributed by atoms with van der Waals surface area (Å²) in [5, 5.41) is 11.0. The van der Waals surface area contributed by atoms with Gasteiger partial charge in [-0.3, -0.25) is 9.44 Å². The topological polar surface area (TPSA) is 143 Å². The van der Waals surface area contributed by atoms with Crippen LogP contribution in [0.1, 0.15) is 10.4 Å². The van der Waals surface area contributed by atoms with Crippen LogP contribution in [0.25, 0.3) is 0 Å². The quantitative estimate of drug-likeness (QED) is 0.513. The van der Waals surface area contributed by atoms with Gasteiger partial charge in [0, 0.05) is 17.3 Å². The molecule has 0 amide bonds. The molecule has 12 heteroatoms. The number of carbonyl (C=O) groups is 1. The Morgan fingerprint density at radius 2 is 1.61 bits per heavy atom. The van der Waals surface area contributed by atoms with Crippen molar-refractivity contribution >= 4 is 48.2 Å². The lowest BCUT2D eigenvalue weighted by atomic mass is 10.2. The van der Waals surface area contributed by atoms with E-state index in [9.17, 15) is 21.6 Å². The summed E-state index contributed by atoms with van der Waals surface area (Å²) < 4.78 is 54.1. The van der Waals surface area contributed by atoms with Crippen molar-refractivity contribution in [1.29, 1.82) is 0 Å². The smallest absolute Gasteiger partial charge is 0.337 e. The summed E-state index contributed by atoms with van der Waals surface area (Å²) in [6, 6.07) is 10.1. The Balaban J connectivity index is 1.84. The molecule has 0 aliphatic rings. The van der Waals surface area contributed by atoms with Crippen molar-refractivity contribution in [1.82, 2.24) is 4.98 Å². The molecule has 1 aromatic heterocycles. The summed E-state index contributed by atoms with van der Waals surface area (Å²) >= 11 is 1.12. The largest absolute Gasteiger partial charge is 0.478 e. The molecule has 0 saturated carbocycles. The highest BCUT2D eigenvalue weighted by Crippen LogP contribution is 2.22. The number of anilines is 2. The van der Waals surface area contributed by atoms with Crippen LogP contribution in [0.5, 0.6) is 0 Å². The van der Waals surface area contributed by atoms with E-state index in [1.54, 1.807) is 5.38 Å². The number of rotatable bonds is 7. The zero-order valence-electron chi connectivity index (χ0n) is 13.9. The van der Waals surface area contributed by atoms with E-state index in [4.69, 9.17) is 5.11 Å². The third-order valence-electron chi connectivity index (χ3n) is 3.48. The second-order valence-corrected chi connectivity index (χ2v) is 9.60. The lowest BCUT2D eigenvalue weighted by Gasteiger charge is -2.11. The highest BCUT2D eigenvalue weighted by atomic mass is 32.2. The van der Waals surface area contributed by atoms with Crippen molar-refractivity contribution in [2.24, 2.45) is 0 Å². The summed E-state index contributed by atoms with van der Waals surface area (Å²) in [6.07, 6.45) is 1.45. The summed E-state index contributed by atoms with van der Waals surface area (Å²) in [4.78, 5) is 14.6. The second-order valence-electron chi connectivity index (χ2n) is 5.37. The average Bonchev–Trinajstić information content (AvgIpc) is 3.14. The van der Waals surface area contributed by atoms with Crippen LogP contribution in [0.3, 0.4) is 0 Å². The molecule has 3 rings (SSSR count). The van der Waals surface area contributed by atoms with Crippen LogP contribution in [-0.2, 0) is 20.0 Å². The van der Waals surface area contributed by atoms with Gasteiger partial charge in [0.2, 0.25) is 0 Å². The molecule has 0 radical (unpaired) electrons. The molecule has 0 aliphatic carbocycles. The Morgan fingerprint density at radius 3 is 2.21 bits per heavy atom. The minimum Gasteiger partial charge on any atom is -0.478 e. The summed E-state index contributed by atoms with van der Waals surface area (Å²) in [7, 11) is -8.05. The van der Waals surface area contributed by atoms with Crippen LogP contribution in [-0.4, -0.2) is 32.9 Å². The number of sulfonamides is 2. The molecule has 1 heterocycles. The van der Waals surface area contributed by atoms with Crippen LogP contribution >= 0.6 is 11.3 Å². The molecule has 3 aromatic rings. The normalized spacial score (nSPS) is 11.7. The molecule has 2 aromatic carbocycles. The number of carboxylic acids is 1. The Morgan fingerprint density at radius 1 is 0.929 bits per heavy atom. The minimum absolute atomic E-state index is 0.0772. The van der Waals surface area contributed by atoms with Gasteiger partial charge in [-0.05, 0) is 36.4 Å². The van der Waals surface area contributed by atoms with Crippen LogP contribution in [0, 0.1) is 0 Å². The molecule has 0 unspecified atom stereocenters. The van der Waals surface area contributed by atoms with Crippen LogP contribution < -0.4 is 9.44 Å². The number of thiazole rings is 1. The summed E-state index contributed by atoms with van der Waals surface area (Å²) in [5.41, 5.74) is -0.296. The first-order valence-corrected chi connectivity index (χ1v) is 11.4. The average molecular weight is 439 g/mol. The Bertz CT molecular complexity index is 1200. The number of aromatic nitrogens is 1. The molecule has 0 saturated heterocycles. The maximum atomic E-state index is 12.5. The molecule has 0 bridgehead atoms. The van der Waals surface area contributed by atoms with Gasteiger partial charge < -0.3 is 5.11 Å².